The minimum Gasteiger partial charge on any atom is -0.461 e. The Balaban J connectivity index is 1.69. The lowest BCUT2D eigenvalue weighted by Gasteiger charge is -2.37. The van der Waals surface area contributed by atoms with Gasteiger partial charge in [0.2, 0.25) is 5.91 Å². The van der Waals surface area contributed by atoms with Crippen LogP contribution in [0, 0.1) is 11.8 Å². The number of aliphatic hydroxyl groups excluding tert-OH is 1. The number of nitrogens with zero attached hydrogens (tertiary/aromatic N) is 3. The van der Waals surface area contributed by atoms with Crippen molar-refractivity contribution in [2.24, 2.45) is 11.8 Å². The number of hydrogen-bond acceptors (Lipinski definition) is 7. The van der Waals surface area contributed by atoms with E-state index in [4.69, 9.17) is 9.47 Å². The molecule has 2 amide bonds. The second-order valence-corrected chi connectivity index (χ2v) is 10.7. The van der Waals surface area contributed by atoms with E-state index in [0.717, 1.165) is 25.2 Å². The molecule has 3 aliphatic heterocycles. The zero-order chi connectivity index (χ0) is 28.9. The van der Waals surface area contributed by atoms with Crippen molar-refractivity contribution in [3.63, 3.8) is 0 Å². The maximum absolute atomic E-state index is 14.5. The summed E-state index contributed by atoms with van der Waals surface area (Å²) in [5.41, 5.74) is 0.690. The number of benzene rings is 1. The maximum Gasteiger partial charge on any atom is 0.312 e. The first kappa shape index (κ1) is 29.8. The molecular weight excluding hydrogens is 510 g/mol. The molecule has 3 fully saturated rings. The maximum atomic E-state index is 14.5. The lowest BCUT2D eigenvalue weighted by atomic mass is 9.70. The Bertz CT molecular complexity index is 1090. The largest absolute Gasteiger partial charge is 0.461 e. The fourth-order valence-corrected chi connectivity index (χ4v) is 6.78. The van der Waals surface area contributed by atoms with Gasteiger partial charge in [-0.05, 0) is 70.2 Å². The average molecular weight is 554 g/mol. The van der Waals surface area contributed by atoms with Gasteiger partial charge in [-0.15, -0.1) is 6.58 Å². The number of likely N-dealkylation sites (tertiary alicyclic amines) is 1. The van der Waals surface area contributed by atoms with Crippen molar-refractivity contribution in [2.75, 3.05) is 49.2 Å². The number of esters is 1. The Morgan fingerprint density at radius 2 is 1.82 bits per heavy atom. The van der Waals surface area contributed by atoms with Gasteiger partial charge in [-0.1, -0.05) is 18.7 Å². The third-order valence-electron chi connectivity index (χ3n) is 8.57. The van der Waals surface area contributed by atoms with Crippen LogP contribution in [0.1, 0.15) is 46.0 Å². The van der Waals surface area contributed by atoms with E-state index in [0.29, 0.717) is 37.9 Å². The number of carbonyl (C=O) groups is 3. The smallest absolute Gasteiger partial charge is 0.312 e. The van der Waals surface area contributed by atoms with Gasteiger partial charge in [0.1, 0.15) is 18.2 Å². The molecule has 218 valence electrons. The molecule has 3 saturated heterocycles. The Hall–Kier alpha value is -3.17. The van der Waals surface area contributed by atoms with Crippen molar-refractivity contribution < 1.29 is 29.0 Å². The van der Waals surface area contributed by atoms with Crippen molar-refractivity contribution in [1.29, 1.82) is 0 Å². The SMILES string of the molecule is C=CCOC(=O)[C@@H]1[C@@H]2CCC3(O2)C(C(=O)N(CC=C)c2ccc(N(CC)CC)cc2)N(CCCCCO)C(=O)[C@H]13. The van der Waals surface area contributed by atoms with Gasteiger partial charge < -0.3 is 29.3 Å². The molecule has 9 heteroatoms. The van der Waals surface area contributed by atoms with Crippen LogP contribution in [0.15, 0.2) is 49.6 Å². The Morgan fingerprint density at radius 3 is 2.45 bits per heavy atom. The molecule has 4 rings (SSSR count). The van der Waals surface area contributed by atoms with Gasteiger partial charge in [-0.25, -0.2) is 0 Å². The molecule has 1 spiro atoms. The number of hydrogen-bond donors (Lipinski definition) is 1. The van der Waals surface area contributed by atoms with Crippen molar-refractivity contribution in [2.45, 2.75) is 63.7 Å². The van der Waals surface area contributed by atoms with E-state index >= 15 is 0 Å². The van der Waals surface area contributed by atoms with E-state index in [1.807, 2.05) is 24.3 Å². The first-order valence-electron chi connectivity index (χ1n) is 14.5. The van der Waals surface area contributed by atoms with Crippen molar-refractivity contribution in [1.82, 2.24) is 4.90 Å². The molecule has 3 aliphatic rings. The van der Waals surface area contributed by atoms with Crippen molar-refractivity contribution in [3.8, 4) is 0 Å². The number of rotatable bonds is 15. The highest BCUT2D eigenvalue weighted by Gasteiger charge is 2.75. The van der Waals surface area contributed by atoms with Gasteiger partial charge >= 0.3 is 5.97 Å². The summed E-state index contributed by atoms with van der Waals surface area (Å²) in [4.78, 5) is 47.1. The van der Waals surface area contributed by atoms with Crippen LogP contribution in [0.4, 0.5) is 11.4 Å². The van der Waals surface area contributed by atoms with Crippen LogP contribution in [0.25, 0.3) is 0 Å². The lowest BCUT2D eigenvalue weighted by molar-refractivity contribution is -0.154. The topological polar surface area (TPSA) is 99.6 Å². The van der Waals surface area contributed by atoms with Crippen LogP contribution in [0.2, 0.25) is 0 Å². The number of aliphatic hydroxyl groups is 1. The Labute approximate surface area is 237 Å². The van der Waals surface area contributed by atoms with Gasteiger partial charge in [-0.2, -0.15) is 0 Å². The first-order chi connectivity index (χ1) is 19.4. The summed E-state index contributed by atoms with van der Waals surface area (Å²) in [6, 6.07) is 6.98. The summed E-state index contributed by atoms with van der Waals surface area (Å²) in [6.07, 6.45) is 5.79. The number of amides is 2. The molecule has 2 bridgehead atoms. The quantitative estimate of drug-likeness (QED) is 0.202. The molecule has 9 nitrogen and oxygen atoms in total. The second-order valence-electron chi connectivity index (χ2n) is 10.7. The third-order valence-corrected chi connectivity index (χ3v) is 8.57. The molecule has 0 radical (unpaired) electrons. The van der Waals surface area contributed by atoms with Crippen LogP contribution in [-0.2, 0) is 23.9 Å². The predicted octanol–water partition coefficient (Wildman–Crippen LogP) is 3.32. The van der Waals surface area contributed by atoms with Gasteiger partial charge in [-0.3, -0.25) is 14.4 Å². The zero-order valence-corrected chi connectivity index (χ0v) is 23.8. The number of carbonyl (C=O) groups excluding carboxylic acids is 3. The number of fused-ring (bicyclic) bond motifs is 1. The summed E-state index contributed by atoms with van der Waals surface area (Å²) >= 11 is 0. The minimum atomic E-state index is -1.09. The molecule has 0 aromatic heterocycles. The molecule has 2 unspecified atom stereocenters. The molecule has 1 N–H and O–H groups in total. The summed E-state index contributed by atoms with van der Waals surface area (Å²) in [5, 5.41) is 9.24. The molecule has 1 aromatic carbocycles. The molecular formula is C31H43N3O6. The van der Waals surface area contributed by atoms with Gasteiger partial charge in [0, 0.05) is 44.2 Å². The van der Waals surface area contributed by atoms with Crippen LogP contribution >= 0.6 is 0 Å². The van der Waals surface area contributed by atoms with Crippen molar-refractivity contribution >= 4 is 29.2 Å². The fraction of sp³-hybridized carbons (Fsp3) is 0.581. The number of ether oxygens (including phenoxy) is 2. The van der Waals surface area contributed by atoms with Gasteiger partial charge in [0.05, 0.1) is 17.9 Å². The number of anilines is 2. The highest BCUT2D eigenvalue weighted by molar-refractivity contribution is 6.04. The second kappa shape index (κ2) is 13.0. The predicted molar refractivity (Wildman–Crippen MR) is 154 cm³/mol. The van der Waals surface area contributed by atoms with E-state index in [-0.39, 0.29) is 31.6 Å². The van der Waals surface area contributed by atoms with Gasteiger partial charge in [0.15, 0.2) is 0 Å². The van der Waals surface area contributed by atoms with E-state index in [9.17, 15) is 19.5 Å². The summed E-state index contributed by atoms with van der Waals surface area (Å²) in [6.45, 7) is 14.2. The average Bonchev–Trinajstić information content (AvgIpc) is 3.61. The third kappa shape index (κ3) is 5.29. The Kier molecular flexibility index (Phi) is 9.68. The van der Waals surface area contributed by atoms with E-state index in [1.165, 1.54) is 6.08 Å². The standard InChI is InChI=1S/C31H43N3O6/c1-5-18-33(23-14-12-22(13-15-23)32(7-3)8-4)29(37)27-31-17-16-24(40-31)25(30(38)39-21-6-2)26(31)28(36)34(27)19-10-9-11-20-35/h5-6,12-15,24-27,35H,1-2,7-11,16-21H2,3-4H3/t24-,25+,26-,27?,31?/m0/s1. The van der Waals surface area contributed by atoms with Crippen LogP contribution < -0.4 is 9.80 Å². The normalized spacial score (nSPS) is 26.5. The summed E-state index contributed by atoms with van der Waals surface area (Å²) < 4.78 is 11.9. The zero-order valence-electron chi connectivity index (χ0n) is 23.8. The summed E-state index contributed by atoms with van der Waals surface area (Å²) in [7, 11) is 0. The molecule has 0 saturated carbocycles. The van der Waals surface area contributed by atoms with E-state index in [2.05, 4.69) is 31.9 Å². The first-order valence-corrected chi connectivity index (χ1v) is 14.5. The molecule has 3 heterocycles. The van der Waals surface area contributed by atoms with E-state index in [1.54, 1.807) is 15.9 Å². The summed E-state index contributed by atoms with van der Waals surface area (Å²) in [5.74, 6) is -2.48. The lowest BCUT2D eigenvalue weighted by Crippen LogP contribution is -2.56. The van der Waals surface area contributed by atoms with Crippen LogP contribution in [0.5, 0.6) is 0 Å². The number of unbranched alkanes of at least 4 members (excludes halogenated alkanes) is 2. The van der Waals surface area contributed by atoms with Crippen molar-refractivity contribution in [3.05, 3.63) is 49.6 Å². The van der Waals surface area contributed by atoms with Crippen LogP contribution in [0.3, 0.4) is 0 Å². The minimum absolute atomic E-state index is 0.0554. The van der Waals surface area contributed by atoms with Gasteiger partial charge in [0.25, 0.3) is 5.91 Å². The molecule has 5 atom stereocenters. The van der Waals surface area contributed by atoms with E-state index < -0.39 is 35.6 Å². The monoisotopic (exact) mass is 553 g/mol. The fourth-order valence-electron chi connectivity index (χ4n) is 6.78. The highest BCUT2D eigenvalue weighted by Crippen LogP contribution is 2.59. The Morgan fingerprint density at radius 1 is 1.12 bits per heavy atom. The molecule has 1 aromatic rings. The molecule has 40 heavy (non-hydrogen) atoms. The molecule has 0 aliphatic carbocycles. The highest BCUT2D eigenvalue weighted by atomic mass is 16.6. The van der Waals surface area contributed by atoms with Crippen LogP contribution in [-0.4, -0.2) is 84.9 Å².